The predicted octanol–water partition coefficient (Wildman–Crippen LogP) is 2.42. The second kappa shape index (κ2) is 8.70. The van der Waals surface area contributed by atoms with Gasteiger partial charge in [-0.15, -0.1) is 0 Å². The van der Waals surface area contributed by atoms with E-state index in [0.29, 0.717) is 13.2 Å². The third kappa shape index (κ3) is 4.39. The van der Waals surface area contributed by atoms with E-state index in [1.165, 1.54) is 0 Å². The van der Waals surface area contributed by atoms with Gasteiger partial charge in [-0.1, -0.05) is 13.3 Å². The Kier molecular flexibility index (Phi) is 6.56. The minimum atomic E-state index is -0.427. The lowest BCUT2D eigenvalue weighted by atomic mass is 9.80. The van der Waals surface area contributed by atoms with Gasteiger partial charge in [0.1, 0.15) is 0 Å². The molecule has 1 aliphatic carbocycles. The molecule has 1 spiro atoms. The van der Waals surface area contributed by atoms with Gasteiger partial charge < -0.3 is 19.3 Å². The van der Waals surface area contributed by atoms with Gasteiger partial charge >= 0.3 is 0 Å². The standard InChI is InChI=1S/C20H34N2O4/c1-3-4-11-21(2)18(23)16-5-7-17(8-6-16)19(24)22-12-9-20(10-13-22)25-14-15-26-20/h16-17H,3-15H2,1-2H3. The van der Waals surface area contributed by atoms with E-state index in [2.05, 4.69) is 6.92 Å². The van der Waals surface area contributed by atoms with Crippen LogP contribution < -0.4 is 0 Å². The first-order valence-corrected chi connectivity index (χ1v) is 10.4. The van der Waals surface area contributed by atoms with Crippen LogP contribution in [0.1, 0.15) is 58.3 Å². The van der Waals surface area contributed by atoms with Crippen molar-refractivity contribution in [2.24, 2.45) is 11.8 Å². The second-order valence-corrected chi connectivity index (χ2v) is 8.09. The fraction of sp³-hybridized carbons (Fsp3) is 0.900. The van der Waals surface area contributed by atoms with Crippen molar-refractivity contribution < 1.29 is 19.1 Å². The number of rotatable bonds is 5. The average molecular weight is 367 g/mol. The average Bonchev–Trinajstić information content (AvgIpc) is 3.13. The first-order chi connectivity index (χ1) is 12.5. The van der Waals surface area contributed by atoms with Gasteiger partial charge in [-0.25, -0.2) is 0 Å². The summed E-state index contributed by atoms with van der Waals surface area (Å²) in [6, 6.07) is 0. The molecule has 3 aliphatic rings. The van der Waals surface area contributed by atoms with Gasteiger partial charge in [0, 0.05) is 51.4 Å². The number of hydrogen-bond donors (Lipinski definition) is 0. The highest BCUT2D eigenvalue weighted by atomic mass is 16.7. The highest BCUT2D eigenvalue weighted by Crippen LogP contribution is 2.35. The van der Waals surface area contributed by atoms with Crippen LogP contribution >= 0.6 is 0 Å². The number of hydrogen-bond acceptors (Lipinski definition) is 4. The number of carbonyl (C=O) groups is 2. The predicted molar refractivity (Wildman–Crippen MR) is 98.4 cm³/mol. The Bertz CT molecular complexity index is 486. The van der Waals surface area contributed by atoms with Crippen LogP contribution in [0.4, 0.5) is 0 Å². The molecule has 0 bridgehead atoms. The van der Waals surface area contributed by atoms with Crippen LogP contribution in [0.3, 0.4) is 0 Å². The number of piperidine rings is 1. The molecule has 6 heteroatoms. The maximum atomic E-state index is 12.9. The van der Waals surface area contributed by atoms with Crippen LogP contribution in [0.25, 0.3) is 0 Å². The number of carbonyl (C=O) groups excluding carboxylic acids is 2. The summed E-state index contributed by atoms with van der Waals surface area (Å²) in [4.78, 5) is 29.2. The molecular weight excluding hydrogens is 332 g/mol. The maximum Gasteiger partial charge on any atom is 0.225 e. The third-order valence-electron chi connectivity index (χ3n) is 6.30. The molecule has 3 fully saturated rings. The summed E-state index contributed by atoms with van der Waals surface area (Å²) in [5.74, 6) is 0.289. The molecule has 3 rings (SSSR count). The highest BCUT2D eigenvalue weighted by molar-refractivity contribution is 5.81. The zero-order chi connectivity index (χ0) is 18.6. The largest absolute Gasteiger partial charge is 0.347 e. The molecule has 0 unspecified atom stereocenters. The Morgan fingerprint density at radius 1 is 1.04 bits per heavy atom. The summed E-state index contributed by atoms with van der Waals surface area (Å²) >= 11 is 0. The molecule has 0 aromatic rings. The summed E-state index contributed by atoms with van der Waals surface area (Å²) in [5, 5.41) is 0. The molecule has 0 atom stereocenters. The number of unbranched alkanes of at least 4 members (excludes halogenated alkanes) is 1. The Balaban J connectivity index is 1.43. The summed E-state index contributed by atoms with van der Waals surface area (Å²) in [6.45, 7) is 5.75. The lowest BCUT2D eigenvalue weighted by molar-refractivity contribution is -0.188. The van der Waals surface area contributed by atoms with E-state index < -0.39 is 5.79 Å². The zero-order valence-corrected chi connectivity index (χ0v) is 16.4. The molecule has 0 N–H and O–H groups in total. The third-order valence-corrected chi connectivity index (χ3v) is 6.30. The van der Waals surface area contributed by atoms with E-state index in [1.807, 2.05) is 16.8 Å². The van der Waals surface area contributed by atoms with Gasteiger partial charge in [0.05, 0.1) is 13.2 Å². The molecule has 0 aromatic carbocycles. The van der Waals surface area contributed by atoms with E-state index in [4.69, 9.17) is 9.47 Å². The van der Waals surface area contributed by atoms with Crippen LogP contribution in [-0.4, -0.2) is 67.3 Å². The van der Waals surface area contributed by atoms with Gasteiger partial charge in [-0.3, -0.25) is 9.59 Å². The Morgan fingerprint density at radius 3 is 2.19 bits per heavy atom. The van der Waals surface area contributed by atoms with Crippen molar-refractivity contribution in [1.29, 1.82) is 0 Å². The second-order valence-electron chi connectivity index (χ2n) is 8.09. The normalized spacial score (nSPS) is 28.3. The quantitative estimate of drug-likeness (QED) is 0.750. The van der Waals surface area contributed by atoms with Crippen LogP contribution in [0, 0.1) is 11.8 Å². The van der Waals surface area contributed by atoms with Gasteiger partial charge in [-0.05, 0) is 32.1 Å². The number of ether oxygens (including phenoxy) is 2. The molecular formula is C20H34N2O4. The maximum absolute atomic E-state index is 12.9. The summed E-state index contributed by atoms with van der Waals surface area (Å²) in [6.07, 6.45) is 7.07. The summed E-state index contributed by atoms with van der Waals surface area (Å²) in [5.41, 5.74) is 0. The van der Waals surface area contributed by atoms with Crippen LogP contribution in [-0.2, 0) is 19.1 Å². The van der Waals surface area contributed by atoms with Gasteiger partial charge in [-0.2, -0.15) is 0 Å². The minimum Gasteiger partial charge on any atom is -0.347 e. The Morgan fingerprint density at radius 2 is 1.62 bits per heavy atom. The highest BCUT2D eigenvalue weighted by Gasteiger charge is 2.42. The molecule has 148 valence electrons. The summed E-state index contributed by atoms with van der Waals surface area (Å²) in [7, 11) is 1.91. The fourth-order valence-electron chi connectivity index (χ4n) is 4.52. The van der Waals surface area contributed by atoms with E-state index in [-0.39, 0.29) is 23.7 Å². The number of likely N-dealkylation sites (tertiary alicyclic amines) is 1. The molecule has 0 radical (unpaired) electrons. The molecule has 2 saturated heterocycles. The van der Waals surface area contributed by atoms with Gasteiger partial charge in [0.15, 0.2) is 5.79 Å². The Labute approximate surface area is 157 Å². The van der Waals surface area contributed by atoms with E-state index in [0.717, 1.165) is 71.0 Å². The molecule has 2 heterocycles. The lowest BCUT2D eigenvalue weighted by Gasteiger charge is -2.39. The first kappa shape index (κ1) is 19.6. The lowest BCUT2D eigenvalue weighted by Crippen LogP contribution is -2.49. The van der Waals surface area contributed by atoms with Crippen molar-refractivity contribution in [1.82, 2.24) is 9.80 Å². The number of nitrogens with zero attached hydrogens (tertiary/aromatic N) is 2. The van der Waals surface area contributed by atoms with Crippen LogP contribution in [0.2, 0.25) is 0 Å². The molecule has 6 nitrogen and oxygen atoms in total. The minimum absolute atomic E-state index is 0.0828. The van der Waals surface area contributed by atoms with Gasteiger partial charge in [0.25, 0.3) is 0 Å². The molecule has 2 aliphatic heterocycles. The van der Waals surface area contributed by atoms with Crippen molar-refractivity contribution in [3.8, 4) is 0 Å². The first-order valence-electron chi connectivity index (χ1n) is 10.4. The smallest absolute Gasteiger partial charge is 0.225 e. The van der Waals surface area contributed by atoms with Crippen molar-refractivity contribution in [2.75, 3.05) is 39.9 Å². The van der Waals surface area contributed by atoms with Crippen molar-refractivity contribution in [3.05, 3.63) is 0 Å². The van der Waals surface area contributed by atoms with Crippen molar-refractivity contribution in [2.45, 2.75) is 64.1 Å². The van der Waals surface area contributed by atoms with Gasteiger partial charge in [0.2, 0.25) is 11.8 Å². The molecule has 0 aromatic heterocycles. The van der Waals surface area contributed by atoms with E-state index >= 15 is 0 Å². The van der Waals surface area contributed by atoms with Crippen molar-refractivity contribution in [3.63, 3.8) is 0 Å². The monoisotopic (exact) mass is 366 g/mol. The zero-order valence-electron chi connectivity index (χ0n) is 16.4. The van der Waals surface area contributed by atoms with Crippen LogP contribution in [0.15, 0.2) is 0 Å². The van der Waals surface area contributed by atoms with Crippen molar-refractivity contribution >= 4 is 11.8 Å². The SMILES string of the molecule is CCCCN(C)C(=O)C1CCC(C(=O)N2CCC3(CC2)OCCO3)CC1. The Hall–Kier alpha value is -1.14. The topological polar surface area (TPSA) is 59.1 Å². The number of amides is 2. The van der Waals surface area contributed by atoms with Crippen LogP contribution in [0.5, 0.6) is 0 Å². The van der Waals surface area contributed by atoms with E-state index in [1.54, 1.807) is 0 Å². The molecule has 26 heavy (non-hydrogen) atoms. The van der Waals surface area contributed by atoms with E-state index in [9.17, 15) is 9.59 Å². The molecule has 1 saturated carbocycles. The molecule has 2 amide bonds. The fourth-order valence-corrected chi connectivity index (χ4v) is 4.52. The summed E-state index contributed by atoms with van der Waals surface area (Å²) < 4.78 is 11.5.